The number of aromatic nitrogens is 6. The molecule has 14 heteroatoms. The first-order valence-electron chi connectivity index (χ1n) is 12.0. The van der Waals surface area contributed by atoms with Crippen molar-refractivity contribution in [3.8, 4) is 16.8 Å². The molecule has 6 rings (SSSR count). The van der Waals surface area contributed by atoms with Crippen LogP contribution in [0.25, 0.3) is 28.0 Å². The van der Waals surface area contributed by atoms with Crippen LogP contribution in [0.3, 0.4) is 0 Å². The molecule has 0 radical (unpaired) electrons. The lowest BCUT2D eigenvalue weighted by Crippen LogP contribution is -2.52. The highest BCUT2D eigenvalue weighted by atomic mass is 19.4. The highest BCUT2D eigenvalue weighted by Gasteiger charge is 2.37. The molecule has 4 aromatic heterocycles. The number of likely N-dealkylation sites (tertiary alicyclic amines) is 2. The van der Waals surface area contributed by atoms with Gasteiger partial charge in [-0.1, -0.05) is 6.58 Å². The molecule has 2 fully saturated rings. The molecule has 4 aromatic rings. The number of carbonyl (C=O) groups excluding carboxylic acids is 1. The van der Waals surface area contributed by atoms with Crippen LogP contribution in [0.2, 0.25) is 0 Å². The first-order chi connectivity index (χ1) is 18.5. The Balaban J connectivity index is 1.49. The third-order valence-electron chi connectivity index (χ3n) is 7.13. The van der Waals surface area contributed by atoms with E-state index in [0.29, 0.717) is 11.1 Å². The minimum Gasteiger partial charge on any atom is -0.332 e. The topological polar surface area (TPSA) is 94.1 Å². The molecule has 39 heavy (non-hydrogen) atoms. The number of halogens is 4. The maximum absolute atomic E-state index is 13.8. The van der Waals surface area contributed by atoms with E-state index >= 15 is 0 Å². The smallest absolute Gasteiger partial charge is 0.332 e. The van der Waals surface area contributed by atoms with E-state index in [2.05, 4.69) is 26.5 Å². The standard InChI is InChI=1S/C25H22F4N8O2/c1-14(26)23(38)34-12-18(13-34)36-21-19(15-7-32-35(9-15)17-10-33(2)11-17)5-6-30-22(21)37(24(36)39)16-3-4-20(31-8-16)25(27,28)29/h3-9,17-18H,1,10-13H2,2H3. The molecule has 1 amide bonds. The number of fused-ring (bicyclic) bond motifs is 1. The van der Waals surface area contributed by atoms with Crippen molar-refractivity contribution in [3.63, 3.8) is 0 Å². The van der Waals surface area contributed by atoms with Crippen LogP contribution in [0.15, 0.2) is 60.2 Å². The zero-order valence-corrected chi connectivity index (χ0v) is 20.6. The maximum atomic E-state index is 13.8. The number of likely N-dealkylation sites (N-methyl/N-ethyl adjacent to an activating group) is 1. The third-order valence-corrected chi connectivity index (χ3v) is 7.13. The van der Waals surface area contributed by atoms with Crippen molar-refractivity contribution >= 4 is 17.1 Å². The van der Waals surface area contributed by atoms with Gasteiger partial charge in [0.1, 0.15) is 5.69 Å². The fourth-order valence-electron chi connectivity index (χ4n) is 5.09. The molecule has 0 unspecified atom stereocenters. The molecular weight excluding hydrogens is 520 g/mol. The molecule has 6 heterocycles. The number of carbonyl (C=O) groups is 1. The number of imidazole rings is 1. The van der Waals surface area contributed by atoms with E-state index in [0.717, 1.165) is 37.0 Å². The number of pyridine rings is 2. The molecule has 0 N–H and O–H groups in total. The fraction of sp³-hybridized carbons (Fsp3) is 0.320. The van der Waals surface area contributed by atoms with Gasteiger partial charge >= 0.3 is 11.9 Å². The van der Waals surface area contributed by atoms with E-state index < -0.39 is 35.3 Å². The monoisotopic (exact) mass is 542 g/mol. The predicted molar refractivity (Wildman–Crippen MR) is 132 cm³/mol. The lowest BCUT2D eigenvalue weighted by atomic mass is 10.1. The van der Waals surface area contributed by atoms with Crippen LogP contribution in [0.1, 0.15) is 17.8 Å². The first kappa shape index (κ1) is 25.0. The van der Waals surface area contributed by atoms with E-state index in [-0.39, 0.29) is 30.5 Å². The van der Waals surface area contributed by atoms with Crippen LogP contribution in [0.5, 0.6) is 0 Å². The number of amides is 1. The van der Waals surface area contributed by atoms with Gasteiger partial charge in [0.15, 0.2) is 11.5 Å². The Labute approximate surface area is 218 Å². The Bertz CT molecular complexity index is 1660. The van der Waals surface area contributed by atoms with Crippen LogP contribution < -0.4 is 5.69 Å². The van der Waals surface area contributed by atoms with Crippen LogP contribution in [0, 0.1) is 0 Å². The molecule has 0 bridgehead atoms. The van der Waals surface area contributed by atoms with Crippen molar-refractivity contribution in [2.24, 2.45) is 0 Å². The zero-order valence-electron chi connectivity index (χ0n) is 20.6. The molecule has 10 nitrogen and oxygen atoms in total. The SMILES string of the molecule is C=C(F)C(=O)N1CC(n2c(=O)n(-c3ccc(C(F)(F)F)nc3)c3nccc(-c4cnn(C5CN(C)C5)c4)c32)C1. The molecule has 202 valence electrons. The largest absolute Gasteiger partial charge is 0.433 e. The lowest BCUT2D eigenvalue weighted by Gasteiger charge is -2.39. The number of hydrogen-bond acceptors (Lipinski definition) is 6. The lowest BCUT2D eigenvalue weighted by molar-refractivity contribution is -0.141. The number of nitrogens with zero attached hydrogens (tertiary/aromatic N) is 8. The molecule has 0 aliphatic carbocycles. The van der Waals surface area contributed by atoms with Gasteiger partial charge in [-0.25, -0.2) is 23.7 Å². The second-order valence-corrected chi connectivity index (χ2v) is 9.77. The average Bonchev–Trinajstić information content (AvgIpc) is 3.43. The van der Waals surface area contributed by atoms with Crippen molar-refractivity contribution in [1.82, 2.24) is 38.7 Å². The van der Waals surface area contributed by atoms with E-state index in [4.69, 9.17) is 0 Å². The molecule has 2 aliphatic rings. The van der Waals surface area contributed by atoms with Crippen LogP contribution >= 0.6 is 0 Å². The van der Waals surface area contributed by atoms with E-state index in [1.165, 1.54) is 20.2 Å². The van der Waals surface area contributed by atoms with Gasteiger partial charge in [0, 0.05) is 49.7 Å². The molecule has 2 saturated heterocycles. The zero-order chi connectivity index (χ0) is 27.6. The normalized spacial score (nSPS) is 16.9. The quantitative estimate of drug-likeness (QED) is 0.285. The predicted octanol–water partition coefficient (Wildman–Crippen LogP) is 2.82. The Morgan fingerprint density at radius 3 is 2.41 bits per heavy atom. The number of hydrogen-bond donors (Lipinski definition) is 0. The second kappa shape index (κ2) is 8.86. The van der Waals surface area contributed by atoms with Crippen molar-refractivity contribution < 1.29 is 22.4 Å². The Kier molecular flexibility index (Phi) is 5.68. The van der Waals surface area contributed by atoms with E-state index in [9.17, 15) is 27.2 Å². The fourth-order valence-corrected chi connectivity index (χ4v) is 5.09. The van der Waals surface area contributed by atoms with E-state index in [1.807, 2.05) is 17.9 Å². The Hall–Kier alpha value is -4.33. The van der Waals surface area contributed by atoms with Gasteiger partial charge in [0.25, 0.3) is 5.91 Å². The summed E-state index contributed by atoms with van der Waals surface area (Å²) in [5.74, 6) is -1.96. The van der Waals surface area contributed by atoms with Gasteiger partial charge in [0.2, 0.25) is 0 Å². The highest BCUT2D eigenvalue weighted by Crippen LogP contribution is 2.34. The minimum atomic E-state index is -4.64. The first-order valence-corrected chi connectivity index (χ1v) is 12.0. The summed E-state index contributed by atoms with van der Waals surface area (Å²) in [5, 5.41) is 4.49. The number of alkyl halides is 3. The van der Waals surface area contributed by atoms with Crippen LogP contribution in [0.4, 0.5) is 17.6 Å². The van der Waals surface area contributed by atoms with Gasteiger partial charge in [-0.2, -0.15) is 18.3 Å². The molecule has 2 aliphatic heterocycles. The summed E-state index contributed by atoms with van der Waals surface area (Å²) in [6.07, 6.45) is 1.40. The van der Waals surface area contributed by atoms with Crippen LogP contribution in [-0.2, 0) is 11.0 Å². The summed E-state index contributed by atoms with van der Waals surface area (Å²) in [5.41, 5.74) is 0.408. The molecule has 0 atom stereocenters. The van der Waals surface area contributed by atoms with Crippen molar-refractivity contribution in [2.75, 3.05) is 33.2 Å². The molecular formula is C25H22F4N8O2. The van der Waals surface area contributed by atoms with E-state index in [1.54, 1.807) is 12.3 Å². The molecule has 0 spiro atoms. The average molecular weight is 542 g/mol. The second-order valence-electron chi connectivity index (χ2n) is 9.77. The van der Waals surface area contributed by atoms with Gasteiger partial charge < -0.3 is 9.80 Å². The van der Waals surface area contributed by atoms with Crippen molar-refractivity contribution in [2.45, 2.75) is 18.3 Å². The van der Waals surface area contributed by atoms with Gasteiger partial charge in [-0.05, 0) is 25.2 Å². The summed E-state index contributed by atoms with van der Waals surface area (Å²) >= 11 is 0. The van der Waals surface area contributed by atoms with Gasteiger partial charge in [-0.15, -0.1) is 0 Å². The van der Waals surface area contributed by atoms with Gasteiger partial charge in [-0.3, -0.25) is 14.0 Å². The van der Waals surface area contributed by atoms with Gasteiger partial charge in [0.05, 0.1) is 35.7 Å². The molecule has 0 saturated carbocycles. The Morgan fingerprint density at radius 1 is 1.05 bits per heavy atom. The summed E-state index contributed by atoms with van der Waals surface area (Å²) < 4.78 is 57.2. The van der Waals surface area contributed by atoms with Crippen molar-refractivity contribution in [1.29, 1.82) is 0 Å². The van der Waals surface area contributed by atoms with Crippen molar-refractivity contribution in [3.05, 3.63) is 71.6 Å². The summed E-state index contributed by atoms with van der Waals surface area (Å²) in [4.78, 5) is 37.1. The number of rotatable bonds is 5. The minimum absolute atomic E-state index is 0.0497. The third kappa shape index (κ3) is 4.11. The highest BCUT2D eigenvalue weighted by molar-refractivity contribution is 5.92. The maximum Gasteiger partial charge on any atom is 0.433 e. The summed E-state index contributed by atoms with van der Waals surface area (Å²) in [7, 11) is 2.01. The summed E-state index contributed by atoms with van der Waals surface area (Å²) in [6.45, 7) is 4.83. The molecule has 0 aromatic carbocycles. The Morgan fingerprint density at radius 2 is 1.79 bits per heavy atom. The summed E-state index contributed by atoms with van der Waals surface area (Å²) in [6, 6.07) is 3.37. The van der Waals surface area contributed by atoms with Crippen LogP contribution in [-0.4, -0.2) is 77.8 Å².